The van der Waals surface area contributed by atoms with Gasteiger partial charge in [-0.3, -0.25) is 0 Å². The maximum atomic E-state index is 9.72. The smallest absolute Gasteiger partial charge is 0.216 e. The summed E-state index contributed by atoms with van der Waals surface area (Å²) in [6.07, 6.45) is 10.7. The number of hydrogen-bond donors (Lipinski definition) is 2. The van der Waals surface area contributed by atoms with Crippen molar-refractivity contribution in [2.24, 2.45) is 0 Å². The standard InChI is InChI=1S/C36H32O4/c37-22-24-39-36(40-25-23-38)21-18-28-26-35(29-12-3-1-4-13-29,30-14-5-2-6-15-30)20-19-32(28)34(36)33-17-9-11-27-10-7-8-16-31(27)33/h1-21,26,37-38H,22-25H2. The lowest BCUT2D eigenvalue weighted by molar-refractivity contribution is -0.173. The number of rotatable bonds is 9. The zero-order valence-electron chi connectivity index (χ0n) is 22.2. The van der Waals surface area contributed by atoms with Crippen molar-refractivity contribution in [1.82, 2.24) is 0 Å². The monoisotopic (exact) mass is 528 g/mol. The Hall–Kier alpha value is -4.06. The summed E-state index contributed by atoms with van der Waals surface area (Å²) in [4.78, 5) is 0. The summed E-state index contributed by atoms with van der Waals surface area (Å²) in [5.41, 5.74) is 5.75. The first-order valence-electron chi connectivity index (χ1n) is 13.7. The number of aliphatic hydroxyl groups is 2. The number of fused-ring (bicyclic) bond motifs is 2. The quantitative estimate of drug-likeness (QED) is 0.248. The zero-order chi connectivity index (χ0) is 27.4. The molecule has 4 heteroatoms. The van der Waals surface area contributed by atoms with Gasteiger partial charge in [0.05, 0.1) is 31.8 Å². The average Bonchev–Trinajstić information content (AvgIpc) is 3.03. The minimum Gasteiger partial charge on any atom is -0.394 e. The lowest BCUT2D eigenvalue weighted by Gasteiger charge is -2.40. The Bertz CT molecular complexity index is 1560. The second-order valence-corrected chi connectivity index (χ2v) is 9.99. The molecule has 0 aromatic heterocycles. The molecule has 2 aliphatic rings. The Kier molecular flexibility index (Phi) is 7.33. The van der Waals surface area contributed by atoms with Crippen molar-refractivity contribution in [3.8, 4) is 0 Å². The van der Waals surface area contributed by atoms with Gasteiger partial charge in [-0.2, -0.15) is 0 Å². The molecule has 40 heavy (non-hydrogen) atoms. The van der Waals surface area contributed by atoms with Crippen LogP contribution in [-0.2, 0) is 14.9 Å². The van der Waals surface area contributed by atoms with Crippen LogP contribution in [-0.4, -0.2) is 42.4 Å². The van der Waals surface area contributed by atoms with Gasteiger partial charge in [0.15, 0.2) is 0 Å². The maximum absolute atomic E-state index is 9.72. The van der Waals surface area contributed by atoms with Crippen LogP contribution < -0.4 is 0 Å². The second kappa shape index (κ2) is 11.2. The molecule has 0 spiro atoms. The Labute approximate surface area is 234 Å². The highest BCUT2D eigenvalue weighted by Crippen LogP contribution is 2.49. The Morgan fingerprint density at radius 3 is 1.85 bits per heavy atom. The van der Waals surface area contributed by atoms with Crippen molar-refractivity contribution in [3.63, 3.8) is 0 Å². The molecule has 2 aliphatic carbocycles. The highest BCUT2D eigenvalue weighted by molar-refractivity contribution is 5.99. The summed E-state index contributed by atoms with van der Waals surface area (Å²) in [5.74, 6) is -1.29. The summed E-state index contributed by atoms with van der Waals surface area (Å²) in [6, 6.07) is 35.5. The van der Waals surface area contributed by atoms with Gasteiger partial charge in [0, 0.05) is 5.57 Å². The fourth-order valence-electron chi connectivity index (χ4n) is 5.92. The summed E-state index contributed by atoms with van der Waals surface area (Å²) in [6.45, 7) is -0.143. The van der Waals surface area contributed by atoms with E-state index in [0.717, 1.165) is 33.1 Å². The number of ether oxygens (including phenoxy) is 2. The van der Waals surface area contributed by atoms with E-state index in [2.05, 4.69) is 91.0 Å². The van der Waals surface area contributed by atoms with Crippen LogP contribution in [0.25, 0.3) is 16.3 Å². The largest absolute Gasteiger partial charge is 0.394 e. The van der Waals surface area contributed by atoms with Crippen LogP contribution in [0, 0.1) is 0 Å². The van der Waals surface area contributed by atoms with Crippen molar-refractivity contribution in [2.45, 2.75) is 11.2 Å². The molecule has 0 atom stereocenters. The molecule has 0 bridgehead atoms. The molecule has 0 fully saturated rings. The SMILES string of the molecule is OCCOC1(OCCO)C=CC2=CC(c3ccccc3)(c3ccccc3)C=CC2=C1c1cccc2ccccc12. The van der Waals surface area contributed by atoms with Gasteiger partial charge >= 0.3 is 0 Å². The molecular weight excluding hydrogens is 496 g/mol. The molecule has 0 unspecified atom stereocenters. The van der Waals surface area contributed by atoms with E-state index < -0.39 is 11.2 Å². The molecule has 0 amide bonds. The van der Waals surface area contributed by atoms with Crippen LogP contribution in [0.3, 0.4) is 0 Å². The molecule has 0 radical (unpaired) electrons. The van der Waals surface area contributed by atoms with Gasteiger partial charge in [-0.05, 0) is 44.7 Å². The molecule has 0 aliphatic heterocycles. The van der Waals surface area contributed by atoms with E-state index in [1.165, 1.54) is 11.1 Å². The van der Waals surface area contributed by atoms with Gasteiger partial charge in [-0.15, -0.1) is 0 Å². The Balaban J connectivity index is 1.63. The van der Waals surface area contributed by atoms with Crippen molar-refractivity contribution in [3.05, 3.63) is 161 Å². The van der Waals surface area contributed by atoms with Gasteiger partial charge in [0.25, 0.3) is 0 Å². The third-order valence-electron chi connectivity index (χ3n) is 7.68. The second-order valence-electron chi connectivity index (χ2n) is 9.99. The third kappa shape index (κ3) is 4.55. The summed E-state index contributed by atoms with van der Waals surface area (Å²) in [5, 5.41) is 21.6. The van der Waals surface area contributed by atoms with Crippen LogP contribution in [0.1, 0.15) is 16.7 Å². The lowest BCUT2D eigenvalue weighted by Crippen LogP contribution is -2.40. The number of aliphatic hydroxyl groups excluding tert-OH is 2. The Morgan fingerprint density at radius 2 is 1.20 bits per heavy atom. The summed E-state index contributed by atoms with van der Waals surface area (Å²) < 4.78 is 12.6. The van der Waals surface area contributed by atoms with Crippen molar-refractivity contribution < 1.29 is 19.7 Å². The van der Waals surface area contributed by atoms with Gasteiger partial charge < -0.3 is 19.7 Å². The van der Waals surface area contributed by atoms with Crippen LogP contribution in [0.4, 0.5) is 0 Å². The van der Waals surface area contributed by atoms with E-state index in [4.69, 9.17) is 9.47 Å². The van der Waals surface area contributed by atoms with Crippen molar-refractivity contribution >= 4 is 16.3 Å². The predicted octanol–water partition coefficient (Wildman–Crippen LogP) is 6.36. The minimum atomic E-state index is -1.29. The van der Waals surface area contributed by atoms with E-state index in [-0.39, 0.29) is 26.4 Å². The van der Waals surface area contributed by atoms with E-state index in [1.54, 1.807) is 0 Å². The first-order valence-corrected chi connectivity index (χ1v) is 13.7. The molecule has 0 heterocycles. The summed E-state index contributed by atoms with van der Waals surface area (Å²) in [7, 11) is 0. The highest BCUT2D eigenvalue weighted by Gasteiger charge is 2.43. The average molecular weight is 529 g/mol. The molecule has 4 aromatic carbocycles. The Morgan fingerprint density at radius 1 is 0.600 bits per heavy atom. The lowest BCUT2D eigenvalue weighted by atomic mass is 9.68. The molecule has 0 saturated carbocycles. The van der Waals surface area contributed by atoms with Gasteiger partial charge in [0.2, 0.25) is 5.79 Å². The fourth-order valence-corrected chi connectivity index (χ4v) is 5.92. The van der Waals surface area contributed by atoms with Crippen LogP contribution >= 0.6 is 0 Å². The normalized spacial score (nSPS) is 17.1. The minimum absolute atomic E-state index is 0.0814. The van der Waals surface area contributed by atoms with E-state index in [1.807, 2.05) is 42.5 Å². The molecular formula is C36H32O4. The van der Waals surface area contributed by atoms with E-state index >= 15 is 0 Å². The molecule has 200 valence electrons. The molecule has 4 aromatic rings. The highest BCUT2D eigenvalue weighted by atomic mass is 16.7. The predicted molar refractivity (Wildman–Crippen MR) is 160 cm³/mol. The topological polar surface area (TPSA) is 58.9 Å². The van der Waals surface area contributed by atoms with Crippen LogP contribution in [0.15, 0.2) is 145 Å². The third-order valence-corrected chi connectivity index (χ3v) is 7.68. The maximum Gasteiger partial charge on any atom is 0.216 e. The van der Waals surface area contributed by atoms with Gasteiger partial charge in [-0.1, -0.05) is 127 Å². The first-order chi connectivity index (χ1) is 19.7. The molecule has 2 N–H and O–H groups in total. The zero-order valence-corrected chi connectivity index (χ0v) is 22.2. The van der Waals surface area contributed by atoms with Crippen LogP contribution in [0.5, 0.6) is 0 Å². The number of hydrogen-bond acceptors (Lipinski definition) is 4. The van der Waals surface area contributed by atoms with Crippen molar-refractivity contribution in [2.75, 3.05) is 26.4 Å². The first kappa shape index (κ1) is 26.2. The molecule has 4 nitrogen and oxygen atoms in total. The molecule has 6 rings (SSSR count). The summed E-state index contributed by atoms with van der Waals surface area (Å²) >= 11 is 0. The molecule has 0 saturated heterocycles. The van der Waals surface area contributed by atoms with Gasteiger partial charge in [0.1, 0.15) is 0 Å². The fraction of sp³-hybridized carbons (Fsp3) is 0.167. The van der Waals surface area contributed by atoms with Crippen LogP contribution in [0.2, 0.25) is 0 Å². The van der Waals surface area contributed by atoms with E-state index in [0.29, 0.717) is 0 Å². The number of allylic oxidation sites excluding steroid dienone is 6. The van der Waals surface area contributed by atoms with Gasteiger partial charge in [-0.25, -0.2) is 0 Å². The number of benzene rings is 4. The van der Waals surface area contributed by atoms with Crippen molar-refractivity contribution in [1.29, 1.82) is 0 Å². The van der Waals surface area contributed by atoms with E-state index in [9.17, 15) is 10.2 Å².